The molecule has 0 saturated carbocycles. The van der Waals surface area contributed by atoms with Gasteiger partial charge in [0.1, 0.15) is 5.56 Å². The van der Waals surface area contributed by atoms with Crippen molar-refractivity contribution >= 4 is 5.91 Å². The van der Waals surface area contributed by atoms with Gasteiger partial charge in [-0.3, -0.25) is 4.79 Å². The van der Waals surface area contributed by atoms with Crippen LogP contribution in [0.4, 0.5) is 0 Å². The van der Waals surface area contributed by atoms with Gasteiger partial charge in [0.2, 0.25) is 11.8 Å². The number of hydrogen-bond donors (Lipinski definition) is 1. The number of aromatic nitrogens is 2. The monoisotopic (exact) mass is 339 g/mol. The molecule has 6 nitrogen and oxygen atoms in total. The summed E-state index contributed by atoms with van der Waals surface area (Å²) in [6, 6.07) is 8.23. The van der Waals surface area contributed by atoms with Crippen LogP contribution in [-0.4, -0.2) is 36.1 Å². The van der Waals surface area contributed by atoms with E-state index in [2.05, 4.69) is 27.1 Å². The second-order valence-electron chi connectivity index (χ2n) is 5.53. The summed E-state index contributed by atoms with van der Waals surface area (Å²) < 4.78 is 10.2. The van der Waals surface area contributed by atoms with Crippen molar-refractivity contribution in [3.05, 3.63) is 47.2 Å². The van der Waals surface area contributed by atoms with Crippen LogP contribution in [0.5, 0.6) is 11.9 Å². The van der Waals surface area contributed by atoms with Crippen molar-refractivity contribution in [1.82, 2.24) is 15.3 Å². The van der Waals surface area contributed by atoms with E-state index in [0.717, 1.165) is 17.5 Å². The number of rotatable bonds is 5. The SMILES string of the molecule is COc1ncc(C#Cc2ccc(CC(C)NC(C)=O)cc2)c(OC)n1. The molecular weight excluding hydrogens is 318 g/mol. The van der Waals surface area contributed by atoms with Crippen LogP contribution in [0.3, 0.4) is 0 Å². The molecule has 0 aliphatic rings. The van der Waals surface area contributed by atoms with Crippen LogP contribution in [0, 0.1) is 11.8 Å². The predicted octanol–water partition coefficient (Wildman–Crippen LogP) is 1.96. The lowest BCUT2D eigenvalue weighted by atomic mass is 10.1. The van der Waals surface area contributed by atoms with Crippen molar-refractivity contribution in [3.63, 3.8) is 0 Å². The van der Waals surface area contributed by atoms with Gasteiger partial charge in [-0.1, -0.05) is 24.0 Å². The van der Waals surface area contributed by atoms with Crippen molar-refractivity contribution in [2.24, 2.45) is 0 Å². The average molecular weight is 339 g/mol. The Hall–Kier alpha value is -3.07. The van der Waals surface area contributed by atoms with Crippen molar-refractivity contribution in [3.8, 4) is 23.7 Å². The molecule has 6 heteroatoms. The highest BCUT2D eigenvalue weighted by atomic mass is 16.5. The average Bonchev–Trinajstić information content (AvgIpc) is 2.60. The first-order chi connectivity index (χ1) is 12.0. The van der Waals surface area contributed by atoms with E-state index >= 15 is 0 Å². The van der Waals surface area contributed by atoms with Gasteiger partial charge in [-0.2, -0.15) is 4.98 Å². The number of carbonyl (C=O) groups excluding carboxylic acids is 1. The number of carbonyl (C=O) groups is 1. The first-order valence-electron chi connectivity index (χ1n) is 7.85. The third-order valence-electron chi connectivity index (χ3n) is 3.39. The van der Waals surface area contributed by atoms with Crippen LogP contribution >= 0.6 is 0 Å². The molecule has 0 aliphatic carbocycles. The molecule has 1 amide bonds. The summed E-state index contributed by atoms with van der Waals surface area (Å²) in [5, 5.41) is 2.87. The van der Waals surface area contributed by atoms with Gasteiger partial charge >= 0.3 is 6.01 Å². The molecule has 130 valence electrons. The van der Waals surface area contributed by atoms with Gasteiger partial charge in [-0.15, -0.1) is 0 Å². The highest BCUT2D eigenvalue weighted by Crippen LogP contribution is 2.16. The minimum atomic E-state index is -0.0226. The first kappa shape index (κ1) is 18.3. The lowest BCUT2D eigenvalue weighted by Gasteiger charge is -2.12. The maximum atomic E-state index is 11.1. The molecule has 1 heterocycles. The predicted molar refractivity (Wildman–Crippen MR) is 94.5 cm³/mol. The van der Waals surface area contributed by atoms with E-state index in [9.17, 15) is 4.79 Å². The van der Waals surface area contributed by atoms with Gasteiger partial charge in [0, 0.05) is 18.5 Å². The van der Waals surface area contributed by atoms with Crippen molar-refractivity contribution in [2.45, 2.75) is 26.3 Å². The summed E-state index contributed by atoms with van der Waals surface area (Å²) in [7, 11) is 3.02. The first-order valence-corrected chi connectivity index (χ1v) is 7.85. The molecule has 1 unspecified atom stereocenters. The van der Waals surface area contributed by atoms with Gasteiger partial charge in [-0.25, -0.2) is 4.98 Å². The fourth-order valence-corrected chi connectivity index (χ4v) is 2.31. The summed E-state index contributed by atoms with van der Waals surface area (Å²) in [6.07, 6.45) is 2.34. The number of benzene rings is 1. The maximum absolute atomic E-state index is 11.1. The normalized spacial score (nSPS) is 11.0. The molecule has 1 aromatic carbocycles. The number of ether oxygens (including phenoxy) is 2. The molecule has 0 spiro atoms. The minimum Gasteiger partial charge on any atom is -0.480 e. The van der Waals surface area contributed by atoms with Gasteiger partial charge in [-0.05, 0) is 31.0 Å². The zero-order valence-electron chi connectivity index (χ0n) is 14.8. The molecule has 0 aliphatic heterocycles. The van der Waals surface area contributed by atoms with E-state index in [4.69, 9.17) is 9.47 Å². The quantitative estimate of drug-likeness (QED) is 0.843. The van der Waals surface area contributed by atoms with Crippen LogP contribution in [0.2, 0.25) is 0 Å². The third kappa shape index (κ3) is 5.50. The molecule has 0 saturated heterocycles. The van der Waals surface area contributed by atoms with E-state index in [0.29, 0.717) is 11.4 Å². The molecular formula is C19H21N3O3. The highest BCUT2D eigenvalue weighted by Gasteiger charge is 2.06. The standard InChI is InChI=1S/C19H21N3O3/c1-13(21-14(2)23)11-16-7-5-15(6-8-16)9-10-17-12-20-19(25-4)22-18(17)24-3/h5-8,12-13H,11H2,1-4H3,(H,21,23). The van der Waals surface area contributed by atoms with E-state index < -0.39 is 0 Å². The molecule has 2 aromatic rings. The highest BCUT2D eigenvalue weighted by molar-refractivity contribution is 5.73. The summed E-state index contributed by atoms with van der Waals surface area (Å²) >= 11 is 0. The van der Waals surface area contributed by atoms with Crippen LogP contribution in [-0.2, 0) is 11.2 Å². The van der Waals surface area contributed by atoms with E-state index in [1.807, 2.05) is 31.2 Å². The van der Waals surface area contributed by atoms with Crippen molar-refractivity contribution in [2.75, 3.05) is 14.2 Å². The van der Waals surface area contributed by atoms with Crippen molar-refractivity contribution < 1.29 is 14.3 Å². The summed E-state index contributed by atoms with van der Waals surface area (Å²) in [4.78, 5) is 19.2. The van der Waals surface area contributed by atoms with E-state index in [1.165, 1.54) is 21.1 Å². The number of methoxy groups -OCH3 is 2. The number of nitrogens with one attached hydrogen (secondary N) is 1. The Bertz CT molecular complexity index is 792. The molecule has 0 fully saturated rings. The smallest absolute Gasteiger partial charge is 0.319 e. The summed E-state index contributed by atoms with van der Waals surface area (Å²) in [5.41, 5.74) is 2.60. The summed E-state index contributed by atoms with van der Waals surface area (Å²) in [6.45, 7) is 3.50. The zero-order valence-corrected chi connectivity index (χ0v) is 14.8. The van der Waals surface area contributed by atoms with Gasteiger partial charge in [0.15, 0.2) is 0 Å². The topological polar surface area (TPSA) is 73.3 Å². The van der Waals surface area contributed by atoms with Gasteiger partial charge < -0.3 is 14.8 Å². The van der Waals surface area contributed by atoms with E-state index in [-0.39, 0.29) is 18.0 Å². The Morgan fingerprint density at radius 1 is 1.20 bits per heavy atom. The molecule has 1 aromatic heterocycles. The summed E-state index contributed by atoms with van der Waals surface area (Å²) in [5.74, 6) is 6.42. The maximum Gasteiger partial charge on any atom is 0.319 e. The molecule has 1 N–H and O–H groups in total. The molecule has 25 heavy (non-hydrogen) atoms. The second kappa shape index (κ2) is 8.69. The fraction of sp³-hybridized carbons (Fsp3) is 0.316. The number of amides is 1. The Labute approximate surface area is 147 Å². The van der Waals surface area contributed by atoms with Crippen LogP contribution < -0.4 is 14.8 Å². The van der Waals surface area contributed by atoms with E-state index in [1.54, 1.807) is 6.20 Å². The Morgan fingerprint density at radius 2 is 1.92 bits per heavy atom. The van der Waals surface area contributed by atoms with Crippen LogP contribution in [0.15, 0.2) is 30.5 Å². The molecule has 0 bridgehead atoms. The molecule has 0 radical (unpaired) electrons. The van der Waals surface area contributed by atoms with Gasteiger partial charge in [0.25, 0.3) is 0 Å². The van der Waals surface area contributed by atoms with Crippen LogP contribution in [0.25, 0.3) is 0 Å². The Kier molecular flexibility index (Phi) is 6.35. The number of hydrogen-bond acceptors (Lipinski definition) is 5. The van der Waals surface area contributed by atoms with Crippen LogP contribution in [0.1, 0.15) is 30.5 Å². The Balaban J connectivity index is 2.10. The number of nitrogens with zero attached hydrogens (tertiary/aromatic N) is 2. The molecule has 1 atom stereocenters. The zero-order chi connectivity index (χ0) is 18.2. The van der Waals surface area contributed by atoms with Crippen molar-refractivity contribution in [1.29, 1.82) is 0 Å². The lowest BCUT2D eigenvalue weighted by Crippen LogP contribution is -2.31. The minimum absolute atomic E-state index is 0.0226. The third-order valence-corrected chi connectivity index (χ3v) is 3.39. The lowest BCUT2D eigenvalue weighted by molar-refractivity contribution is -0.119. The largest absolute Gasteiger partial charge is 0.480 e. The fourth-order valence-electron chi connectivity index (χ4n) is 2.31. The Morgan fingerprint density at radius 3 is 2.52 bits per heavy atom. The second-order valence-corrected chi connectivity index (χ2v) is 5.53. The van der Waals surface area contributed by atoms with Gasteiger partial charge in [0.05, 0.1) is 20.4 Å². The molecule has 2 rings (SSSR count).